The first kappa shape index (κ1) is 21.1. The molecule has 9 heteroatoms. The third-order valence-electron chi connectivity index (χ3n) is 3.60. The van der Waals surface area contributed by atoms with Crippen molar-refractivity contribution in [3.05, 3.63) is 57.0 Å². The lowest BCUT2D eigenvalue weighted by Crippen LogP contribution is -2.16. The molecule has 0 spiro atoms. The van der Waals surface area contributed by atoms with Gasteiger partial charge in [-0.1, -0.05) is 23.7 Å². The van der Waals surface area contributed by atoms with E-state index < -0.39 is 11.5 Å². The molecule has 0 atom stereocenters. The van der Waals surface area contributed by atoms with E-state index in [-0.39, 0.29) is 23.6 Å². The van der Waals surface area contributed by atoms with Crippen LogP contribution >= 0.6 is 23.4 Å². The van der Waals surface area contributed by atoms with Crippen LogP contribution in [-0.4, -0.2) is 23.8 Å². The zero-order valence-electron chi connectivity index (χ0n) is 15.0. The number of pyridine rings is 1. The summed E-state index contributed by atoms with van der Waals surface area (Å²) >= 11 is 7.22. The molecular formula is C19H15ClN4O3S. The van der Waals surface area contributed by atoms with Gasteiger partial charge in [0.25, 0.3) is 5.56 Å². The van der Waals surface area contributed by atoms with Gasteiger partial charge < -0.3 is 15.0 Å². The Morgan fingerprint density at radius 2 is 2.04 bits per heavy atom. The maximum atomic E-state index is 12.4. The number of nitriles is 2. The number of esters is 1. The van der Waals surface area contributed by atoms with Crippen LogP contribution in [0.2, 0.25) is 5.02 Å². The lowest BCUT2D eigenvalue weighted by molar-refractivity contribution is -0.138. The summed E-state index contributed by atoms with van der Waals surface area (Å²) in [5, 5.41) is 21.9. The molecule has 1 aromatic carbocycles. The van der Waals surface area contributed by atoms with Gasteiger partial charge in [-0.25, -0.2) is 4.79 Å². The Bertz CT molecular complexity index is 1060. The second kappa shape index (κ2) is 9.65. The number of nitrogens with zero attached hydrogens (tertiary/aromatic N) is 2. The van der Waals surface area contributed by atoms with E-state index >= 15 is 0 Å². The van der Waals surface area contributed by atoms with E-state index in [1.54, 1.807) is 43.5 Å². The first-order valence-corrected chi connectivity index (χ1v) is 9.61. The minimum Gasteiger partial charge on any atom is -0.462 e. The maximum Gasteiger partial charge on any atom is 0.350 e. The zero-order chi connectivity index (χ0) is 20.7. The fourth-order valence-corrected chi connectivity index (χ4v) is 3.24. The average molecular weight is 415 g/mol. The normalized spacial score (nSPS) is 10.7. The number of carbonyl (C=O) groups excluding carboxylic acids is 1. The van der Waals surface area contributed by atoms with Crippen molar-refractivity contribution in [1.82, 2.24) is 4.98 Å². The molecule has 0 bridgehead atoms. The number of aromatic amines is 1. The minimum absolute atomic E-state index is 0.0490. The molecule has 0 saturated heterocycles. The van der Waals surface area contributed by atoms with Gasteiger partial charge in [0.1, 0.15) is 23.5 Å². The summed E-state index contributed by atoms with van der Waals surface area (Å²) < 4.78 is 4.80. The van der Waals surface area contributed by atoms with Crippen LogP contribution in [0.3, 0.4) is 0 Å². The third kappa shape index (κ3) is 4.55. The highest BCUT2D eigenvalue weighted by atomic mass is 35.5. The number of anilines is 1. The molecule has 0 aliphatic carbocycles. The van der Waals surface area contributed by atoms with Gasteiger partial charge in [-0.05, 0) is 30.9 Å². The lowest BCUT2D eigenvalue weighted by Gasteiger charge is -2.14. The smallest absolute Gasteiger partial charge is 0.350 e. The predicted octanol–water partition coefficient (Wildman–Crippen LogP) is 3.67. The Morgan fingerprint density at radius 1 is 1.36 bits per heavy atom. The Kier molecular flexibility index (Phi) is 7.28. The Labute approximate surface area is 170 Å². The van der Waals surface area contributed by atoms with E-state index in [2.05, 4.69) is 10.3 Å². The SMILES string of the molecule is CCOC(=O)/C(C#N)=C/Nc1[nH]c(=O)c(C#N)c(-c2ccc(Cl)cc2)c1SC. The van der Waals surface area contributed by atoms with Gasteiger partial charge in [0.05, 0.1) is 11.5 Å². The quantitative estimate of drug-likeness (QED) is 0.320. The number of halogens is 1. The van der Waals surface area contributed by atoms with Crippen LogP contribution in [0.4, 0.5) is 5.82 Å². The highest BCUT2D eigenvalue weighted by Gasteiger charge is 2.19. The fraction of sp³-hybridized carbons (Fsp3) is 0.158. The summed E-state index contributed by atoms with van der Waals surface area (Å²) in [4.78, 5) is 27.3. The Balaban J connectivity index is 2.63. The van der Waals surface area contributed by atoms with Crippen LogP contribution in [0.1, 0.15) is 12.5 Å². The van der Waals surface area contributed by atoms with Crippen molar-refractivity contribution in [2.24, 2.45) is 0 Å². The van der Waals surface area contributed by atoms with Gasteiger partial charge in [-0.15, -0.1) is 11.8 Å². The van der Waals surface area contributed by atoms with Crippen molar-refractivity contribution in [1.29, 1.82) is 10.5 Å². The van der Waals surface area contributed by atoms with Gasteiger partial charge in [0, 0.05) is 16.8 Å². The largest absolute Gasteiger partial charge is 0.462 e. The topological polar surface area (TPSA) is 119 Å². The number of aromatic nitrogens is 1. The van der Waals surface area contributed by atoms with Crippen molar-refractivity contribution in [2.45, 2.75) is 11.8 Å². The number of carbonyl (C=O) groups is 1. The summed E-state index contributed by atoms with van der Waals surface area (Å²) in [6, 6.07) is 10.4. The molecule has 28 heavy (non-hydrogen) atoms. The van der Waals surface area contributed by atoms with Gasteiger partial charge in [0.2, 0.25) is 0 Å². The van der Waals surface area contributed by atoms with Crippen LogP contribution in [-0.2, 0) is 9.53 Å². The third-order valence-corrected chi connectivity index (χ3v) is 4.66. The zero-order valence-corrected chi connectivity index (χ0v) is 16.6. The minimum atomic E-state index is -0.780. The Morgan fingerprint density at radius 3 is 2.57 bits per heavy atom. The molecule has 0 fully saturated rings. The van der Waals surface area contributed by atoms with Crippen LogP contribution < -0.4 is 10.9 Å². The highest BCUT2D eigenvalue weighted by Crippen LogP contribution is 2.36. The molecule has 1 heterocycles. The van der Waals surface area contributed by atoms with Gasteiger partial charge >= 0.3 is 5.97 Å². The first-order chi connectivity index (χ1) is 13.5. The van der Waals surface area contributed by atoms with Crippen molar-refractivity contribution in [3.63, 3.8) is 0 Å². The molecule has 0 saturated carbocycles. The number of nitrogens with one attached hydrogen (secondary N) is 2. The predicted molar refractivity (Wildman–Crippen MR) is 108 cm³/mol. The van der Waals surface area contributed by atoms with Gasteiger partial charge in [0.15, 0.2) is 5.57 Å². The molecule has 0 aliphatic heterocycles. The van der Waals surface area contributed by atoms with Crippen molar-refractivity contribution >= 4 is 35.1 Å². The molecule has 2 aromatic rings. The van der Waals surface area contributed by atoms with Crippen LogP contribution in [0, 0.1) is 22.7 Å². The second-order valence-corrected chi connectivity index (χ2v) is 6.52. The molecule has 142 valence electrons. The number of hydrogen-bond donors (Lipinski definition) is 2. The van der Waals surface area contributed by atoms with E-state index in [9.17, 15) is 14.9 Å². The Hall–Kier alpha value is -3.20. The van der Waals surface area contributed by atoms with Crippen LogP contribution in [0.25, 0.3) is 11.1 Å². The van der Waals surface area contributed by atoms with E-state index in [4.69, 9.17) is 21.6 Å². The number of H-pyrrole nitrogens is 1. The van der Waals surface area contributed by atoms with Crippen LogP contribution in [0.15, 0.2) is 45.7 Å². The number of thioether (sulfide) groups is 1. The lowest BCUT2D eigenvalue weighted by atomic mass is 10.0. The van der Waals surface area contributed by atoms with E-state index in [0.29, 0.717) is 21.0 Å². The fourth-order valence-electron chi connectivity index (χ4n) is 2.38. The molecule has 0 unspecified atom stereocenters. The van der Waals surface area contributed by atoms with E-state index in [1.807, 2.05) is 6.07 Å². The number of hydrogen-bond acceptors (Lipinski definition) is 7. The average Bonchev–Trinajstić information content (AvgIpc) is 2.68. The monoisotopic (exact) mass is 414 g/mol. The van der Waals surface area contributed by atoms with Crippen molar-refractivity contribution in [2.75, 3.05) is 18.2 Å². The molecule has 2 N–H and O–H groups in total. The van der Waals surface area contributed by atoms with Crippen molar-refractivity contribution in [3.8, 4) is 23.3 Å². The summed E-state index contributed by atoms with van der Waals surface area (Å²) in [5.74, 6) is -0.532. The molecule has 2 rings (SSSR count). The highest BCUT2D eigenvalue weighted by molar-refractivity contribution is 7.98. The molecule has 1 aromatic heterocycles. The molecule has 0 radical (unpaired) electrons. The second-order valence-electron chi connectivity index (χ2n) is 5.27. The van der Waals surface area contributed by atoms with Gasteiger partial charge in [-0.2, -0.15) is 10.5 Å². The molecule has 0 amide bonds. The number of rotatable bonds is 6. The summed E-state index contributed by atoms with van der Waals surface area (Å²) in [6.45, 7) is 1.75. The van der Waals surface area contributed by atoms with Crippen LogP contribution in [0.5, 0.6) is 0 Å². The number of ether oxygens (including phenoxy) is 1. The van der Waals surface area contributed by atoms with Gasteiger partial charge in [-0.3, -0.25) is 4.79 Å². The number of benzene rings is 1. The first-order valence-electron chi connectivity index (χ1n) is 8.01. The van der Waals surface area contributed by atoms with E-state index in [1.165, 1.54) is 11.8 Å². The molecule has 7 nitrogen and oxygen atoms in total. The molecule has 0 aliphatic rings. The van der Waals surface area contributed by atoms with Crippen molar-refractivity contribution < 1.29 is 9.53 Å². The summed E-state index contributed by atoms with van der Waals surface area (Å²) in [7, 11) is 0. The van der Waals surface area contributed by atoms with E-state index in [0.717, 1.165) is 6.20 Å². The maximum absolute atomic E-state index is 12.4. The standard InChI is InChI=1S/C19H15ClN4O3S/c1-3-27-19(26)12(8-21)10-23-17-16(28-2)15(14(9-22)18(25)24-17)11-4-6-13(20)7-5-11/h4-7,10H,3H2,1-2H3,(H2,23,24,25)/b12-10+. The summed E-state index contributed by atoms with van der Waals surface area (Å²) in [5.41, 5.74) is 0.158. The summed E-state index contributed by atoms with van der Waals surface area (Å²) in [6.07, 6.45) is 2.93. The molecular weight excluding hydrogens is 400 g/mol.